The van der Waals surface area contributed by atoms with E-state index in [1.807, 2.05) is 39.1 Å². The van der Waals surface area contributed by atoms with Gasteiger partial charge in [-0.05, 0) is 27.0 Å². The minimum Gasteiger partial charge on any atom is -0.366 e. The van der Waals surface area contributed by atoms with Crippen LogP contribution in [0, 0.1) is 0 Å². The van der Waals surface area contributed by atoms with Crippen molar-refractivity contribution in [3.63, 3.8) is 0 Å². The van der Waals surface area contributed by atoms with Crippen LogP contribution in [-0.2, 0) is 0 Å². The first kappa shape index (κ1) is 7.28. The molecule has 0 saturated carbocycles. The molecule has 46 valence electrons. The summed E-state index contributed by atoms with van der Waals surface area (Å²) in [5.41, 5.74) is 1.18. The summed E-state index contributed by atoms with van der Waals surface area (Å²) >= 11 is 0. The van der Waals surface area contributed by atoms with Gasteiger partial charge in [0.2, 0.25) is 0 Å². The lowest BCUT2D eigenvalue weighted by Crippen LogP contribution is -1.98. The highest BCUT2D eigenvalue weighted by atomic mass is 14.8. The van der Waals surface area contributed by atoms with Crippen LogP contribution in [-0.4, -0.2) is 0 Å². The fraction of sp³-hybridized carbons (Fsp3) is 0.429. The van der Waals surface area contributed by atoms with E-state index < -0.39 is 0 Å². The predicted octanol–water partition coefficient (Wildman–Crippen LogP) is 2.03. The molecular weight excluding hydrogens is 98.1 g/mol. The monoisotopic (exact) mass is 111 g/mol. The SMILES string of the molecule is CC=CNC(C)=CC. The van der Waals surface area contributed by atoms with E-state index in [1.165, 1.54) is 5.70 Å². The van der Waals surface area contributed by atoms with Crippen molar-refractivity contribution in [2.75, 3.05) is 0 Å². The molecule has 0 amide bonds. The fourth-order valence-corrected chi connectivity index (χ4v) is 0.298. The van der Waals surface area contributed by atoms with Crippen LogP contribution in [0.15, 0.2) is 24.0 Å². The second-order valence-electron chi connectivity index (χ2n) is 1.62. The molecule has 0 aliphatic heterocycles. The Kier molecular flexibility index (Phi) is 4.04. The molecule has 0 spiro atoms. The smallest absolute Gasteiger partial charge is 0.00713 e. The molecule has 0 bridgehead atoms. The number of hydrogen-bond donors (Lipinski definition) is 1. The van der Waals surface area contributed by atoms with Crippen LogP contribution in [0.2, 0.25) is 0 Å². The van der Waals surface area contributed by atoms with Gasteiger partial charge in [0.25, 0.3) is 0 Å². The summed E-state index contributed by atoms with van der Waals surface area (Å²) in [6, 6.07) is 0. The lowest BCUT2D eigenvalue weighted by molar-refractivity contribution is 1.05. The summed E-state index contributed by atoms with van der Waals surface area (Å²) in [6.45, 7) is 6.02. The van der Waals surface area contributed by atoms with Gasteiger partial charge >= 0.3 is 0 Å². The van der Waals surface area contributed by atoms with Gasteiger partial charge < -0.3 is 5.32 Å². The van der Waals surface area contributed by atoms with Crippen molar-refractivity contribution in [1.29, 1.82) is 0 Å². The first-order valence-corrected chi connectivity index (χ1v) is 2.82. The predicted molar refractivity (Wildman–Crippen MR) is 37.4 cm³/mol. The number of hydrogen-bond acceptors (Lipinski definition) is 1. The average Bonchev–Trinajstić information content (AvgIpc) is 1.83. The third-order valence-corrected chi connectivity index (χ3v) is 0.911. The van der Waals surface area contributed by atoms with Crippen LogP contribution in [0.5, 0.6) is 0 Å². The zero-order valence-corrected chi connectivity index (χ0v) is 5.73. The molecule has 8 heavy (non-hydrogen) atoms. The minimum absolute atomic E-state index is 1.18. The van der Waals surface area contributed by atoms with Crippen molar-refractivity contribution in [2.45, 2.75) is 20.8 Å². The maximum absolute atomic E-state index is 3.06. The van der Waals surface area contributed by atoms with Crippen LogP contribution in [0.4, 0.5) is 0 Å². The van der Waals surface area contributed by atoms with Gasteiger partial charge in [-0.3, -0.25) is 0 Å². The summed E-state index contributed by atoms with van der Waals surface area (Å²) in [5.74, 6) is 0. The Morgan fingerprint density at radius 1 is 1.38 bits per heavy atom. The van der Waals surface area contributed by atoms with Gasteiger partial charge in [-0.25, -0.2) is 0 Å². The highest BCUT2D eigenvalue weighted by molar-refractivity contribution is 4.97. The number of rotatable bonds is 2. The Hall–Kier alpha value is -0.720. The van der Waals surface area contributed by atoms with Crippen LogP contribution in [0.3, 0.4) is 0 Å². The lowest BCUT2D eigenvalue weighted by atomic mass is 10.4. The van der Waals surface area contributed by atoms with Crippen molar-refractivity contribution >= 4 is 0 Å². The summed E-state index contributed by atoms with van der Waals surface area (Å²) < 4.78 is 0. The maximum Gasteiger partial charge on any atom is 0.00713 e. The molecule has 0 aliphatic rings. The molecule has 0 saturated heterocycles. The van der Waals surface area contributed by atoms with Crippen LogP contribution < -0.4 is 5.32 Å². The van der Waals surface area contributed by atoms with E-state index in [2.05, 4.69) is 5.32 Å². The fourth-order valence-electron chi connectivity index (χ4n) is 0.298. The number of nitrogens with one attached hydrogen (secondary N) is 1. The van der Waals surface area contributed by atoms with Crippen molar-refractivity contribution in [3.05, 3.63) is 24.0 Å². The largest absolute Gasteiger partial charge is 0.366 e. The molecule has 0 fully saturated rings. The molecular formula is C7H13N. The van der Waals surface area contributed by atoms with E-state index in [0.29, 0.717) is 0 Å². The first-order valence-electron chi connectivity index (χ1n) is 2.82. The third kappa shape index (κ3) is 3.47. The number of allylic oxidation sites excluding steroid dienone is 3. The third-order valence-electron chi connectivity index (χ3n) is 0.911. The quantitative estimate of drug-likeness (QED) is 0.575. The van der Waals surface area contributed by atoms with Gasteiger partial charge in [-0.1, -0.05) is 12.2 Å². The van der Waals surface area contributed by atoms with E-state index in [-0.39, 0.29) is 0 Å². The van der Waals surface area contributed by atoms with Crippen molar-refractivity contribution < 1.29 is 0 Å². The molecule has 0 rings (SSSR count). The molecule has 1 nitrogen and oxygen atoms in total. The molecule has 0 heterocycles. The highest BCUT2D eigenvalue weighted by Crippen LogP contribution is 1.82. The van der Waals surface area contributed by atoms with Crippen molar-refractivity contribution in [2.24, 2.45) is 0 Å². The van der Waals surface area contributed by atoms with Gasteiger partial charge in [-0.15, -0.1) is 0 Å². The standard InChI is InChI=1S/C7H13N/c1-4-6-8-7(3)5-2/h4-6,8H,1-3H3. The molecule has 0 aromatic rings. The summed E-state index contributed by atoms with van der Waals surface area (Å²) in [4.78, 5) is 0. The second-order valence-corrected chi connectivity index (χ2v) is 1.62. The van der Waals surface area contributed by atoms with Gasteiger partial charge in [-0.2, -0.15) is 0 Å². The molecule has 0 aliphatic carbocycles. The van der Waals surface area contributed by atoms with E-state index in [9.17, 15) is 0 Å². The average molecular weight is 111 g/mol. The molecule has 1 heteroatoms. The minimum atomic E-state index is 1.18. The van der Waals surface area contributed by atoms with Crippen LogP contribution >= 0.6 is 0 Å². The zero-order chi connectivity index (χ0) is 6.41. The molecule has 1 N–H and O–H groups in total. The highest BCUT2D eigenvalue weighted by Gasteiger charge is 1.73. The van der Waals surface area contributed by atoms with Gasteiger partial charge in [0.1, 0.15) is 0 Å². The summed E-state index contributed by atoms with van der Waals surface area (Å²) in [7, 11) is 0. The normalized spacial score (nSPS) is 12.6. The van der Waals surface area contributed by atoms with E-state index >= 15 is 0 Å². The Balaban J connectivity index is 3.40. The lowest BCUT2D eigenvalue weighted by Gasteiger charge is -1.94. The molecule has 0 unspecified atom stereocenters. The van der Waals surface area contributed by atoms with E-state index in [0.717, 1.165) is 0 Å². The first-order chi connectivity index (χ1) is 3.81. The second kappa shape index (κ2) is 4.44. The summed E-state index contributed by atoms with van der Waals surface area (Å²) in [5, 5.41) is 3.06. The molecule has 0 atom stereocenters. The maximum atomic E-state index is 3.06. The summed E-state index contributed by atoms with van der Waals surface area (Å²) in [6.07, 6.45) is 5.91. The molecule has 0 radical (unpaired) electrons. The van der Waals surface area contributed by atoms with Gasteiger partial charge in [0, 0.05) is 5.70 Å². The van der Waals surface area contributed by atoms with Gasteiger partial charge in [0.05, 0.1) is 0 Å². The van der Waals surface area contributed by atoms with Crippen molar-refractivity contribution in [3.8, 4) is 0 Å². The zero-order valence-electron chi connectivity index (χ0n) is 5.73. The van der Waals surface area contributed by atoms with Crippen LogP contribution in [0.25, 0.3) is 0 Å². The van der Waals surface area contributed by atoms with Gasteiger partial charge in [0.15, 0.2) is 0 Å². The van der Waals surface area contributed by atoms with Crippen molar-refractivity contribution in [1.82, 2.24) is 5.32 Å². The Bertz CT molecular complexity index is 101. The van der Waals surface area contributed by atoms with E-state index in [1.54, 1.807) is 0 Å². The van der Waals surface area contributed by atoms with E-state index in [4.69, 9.17) is 0 Å². The Morgan fingerprint density at radius 3 is 2.38 bits per heavy atom. The van der Waals surface area contributed by atoms with Crippen LogP contribution in [0.1, 0.15) is 20.8 Å². The molecule has 0 aromatic carbocycles. The topological polar surface area (TPSA) is 12.0 Å². The Morgan fingerprint density at radius 2 is 2.00 bits per heavy atom. The molecule has 0 aromatic heterocycles. The Labute approximate surface area is 51.1 Å².